The van der Waals surface area contributed by atoms with E-state index in [1.807, 2.05) is 36.4 Å². The molecule has 0 radical (unpaired) electrons. The van der Waals surface area contributed by atoms with Crippen LogP contribution >= 0.6 is 11.6 Å². The highest BCUT2D eigenvalue weighted by molar-refractivity contribution is 6.33. The Kier molecular flexibility index (Phi) is 6.85. The molecule has 196 valence electrons. The van der Waals surface area contributed by atoms with Crippen LogP contribution in [0.15, 0.2) is 84.0 Å². The van der Waals surface area contributed by atoms with Crippen molar-refractivity contribution in [1.82, 2.24) is 24.4 Å². The van der Waals surface area contributed by atoms with Crippen molar-refractivity contribution >= 4 is 34.3 Å². The summed E-state index contributed by atoms with van der Waals surface area (Å²) in [7, 11) is 3.90. The Balaban J connectivity index is 1.29. The average molecular weight is 537 g/mol. The van der Waals surface area contributed by atoms with Gasteiger partial charge in [0.2, 0.25) is 5.95 Å². The molecular formula is C31H29ClN6O. The zero-order valence-electron chi connectivity index (χ0n) is 21.9. The SMILES string of the molecule is CN1CCC(c2ccc(Nc3ncc4cc(-c5cc(-c6cccnc6)ccc5Cl)c(=O)n(C)c4n3)cc2)CC1. The maximum absolute atomic E-state index is 13.5. The highest BCUT2D eigenvalue weighted by Crippen LogP contribution is 2.32. The van der Waals surface area contributed by atoms with Crippen LogP contribution in [0.1, 0.15) is 24.3 Å². The number of rotatable bonds is 5. The number of anilines is 2. The van der Waals surface area contributed by atoms with Crippen LogP contribution in [0.25, 0.3) is 33.3 Å². The van der Waals surface area contributed by atoms with Crippen molar-refractivity contribution in [3.63, 3.8) is 0 Å². The Morgan fingerprint density at radius 2 is 1.72 bits per heavy atom. The first-order chi connectivity index (χ1) is 19.0. The number of aromatic nitrogens is 4. The van der Waals surface area contributed by atoms with Crippen molar-refractivity contribution in [2.75, 3.05) is 25.5 Å². The van der Waals surface area contributed by atoms with E-state index in [2.05, 4.69) is 56.5 Å². The van der Waals surface area contributed by atoms with Crippen LogP contribution in [0.4, 0.5) is 11.6 Å². The number of benzene rings is 2. The normalized spacial score (nSPS) is 14.5. The third kappa shape index (κ3) is 5.15. The van der Waals surface area contributed by atoms with Crippen molar-refractivity contribution in [3.05, 3.63) is 100 Å². The van der Waals surface area contributed by atoms with Crippen LogP contribution in [-0.2, 0) is 7.05 Å². The molecule has 8 heteroatoms. The molecule has 5 aromatic rings. The zero-order valence-corrected chi connectivity index (χ0v) is 22.7. The average Bonchev–Trinajstić information content (AvgIpc) is 2.97. The lowest BCUT2D eigenvalue weighted by Crippen LogP contribution is -2.29. The summed E-state index contributed by atoms with van der Waals surface area (Å²) in [5.74, 6) is 1.04. The molecule has 7 nitrogen and oxygen atoms in total. The smallest absolute Gasteiger partial charge is 0.259 e. The molecule has 1 N–H and O–H groups in total. The first-order valence-corrected chi connectivity index (χ1v) is 13.5. The largest absolute Gasteiger partial charge is 0.324 e. The number of halogens is 1. The molecule has 1 aliphatic heterocycles. The van der Waals surface area contributed by atoms with E-state index in [9.17, 15) is 4.79 Å². The number of hydrogen-bond acceptors (Lipinski definition) is 6. The number of piperidine rings is 1. The van der Waals surface area contributed by atoms with Gasteiger partial charge in [0, 0.05) is 58.4 Å². The van der Waals surface area contributed by atoms with Crippen LogP contribution in [0.2, 0.25) is 5.02 Å². The number of nitrogens with zero attached hydrogens (tertiary/aromatic N) is 5. The summed E-state index contributed by atoms with van der Waals surface area (Å²) < 4.78 is 1.55. The summed E-state index contributed by atoms with van der Waals surface area (Å²) in [6.45, 7) is 2.27. The van der Waals surface area contributed by atoms with Crippen LogP contribution in [-0.4, -0.2) is 44.6 Å². The zero-order chi connectivity index (χ0) is 26.9. The quantitative estimate of drug-likeness (QED) is 0.285. The lowest BCUT2D eigenvalue weighted by atomic mass is 9.89. The predicted molar refractivity (Wildman–Crippen MR) is 158 cm³/mol. The molecule has 0 atom stereocenters. The third-order valence-corrected chi connectivity index (χ3v) is 7.89. The van der Waals surface area contributed by atoms with E-state index in [-0.39, 0.29) is 5.56 Å². The molecule has 0 aliphatic carbocycles. The molecule has 1 saturated heterocycles. The number of nitrogens with one attached hydrogen (secondary N) is 1. The fourth-order valence-electron chi connectivity index (χ4n) is 5.25. The van der Waals surface area contributed by atoms with E-state index in [1.54, 1.807) is 30.2 Å². The van der Waals surface area contributed by atoms with Gasteiger partial charge in [-0.1, -0.05) is 35.9 Å². The van der Waals surface area contributed by atoms with E-state index in [1.165, 1.54) is 18.4 Å². The molecule has 6 rings (SSSR count). The Morgan fingerprint density at radius 3 is 2.46 bits per heavy atom. The highest BCUT2D eigenvalue weighted by atomic mass is 35.5. The fourth-order valence-corrected chi connectivity index (χ4v) is 5.47. The number of likely N-dealkylation sites (tertiary alicyclic amines) is 1. The van der Waals surface area contributed by atoms with Gasteiger partial charge in [-0.2, -0.15) is 4.98 Å². The minimum Gasteiger partial charge on any atom is -0.324 e. The molecule has 3 aromatic heterocycles. The van der Waals surface area contributed by atoms with Crippen molar-refractivity contribution in [2.24, 2.45) is 7.05 Å². The molecule has 0 amide bonds. The van der Waals surface area contributed by atoms with E-state index >= 15 is 0 Å². The topological polar surface area (TPSA) is 75.9 Å². The Bertz CT molecular complexity index is 1690. The third-order valence-electron chi connectivity index (χ3n) is 7.56. The number of aryl methyl sites for hydroxylation is 1. The Labute approximate surface area is 232 Å². The van der Waals surface area contributed by atoms with Gasteiger partial charge in [0.25, 0.3) is 5.56 Å². The van der Waals surface area contributed by atoms with E-state index in [4.69, 9.17) is 11.6 Å². The summed E-state index contributed by atoms with van der Waals surface area (Å²) in [6.07, 6.45) is 7.63. The van der Waals surface area contributed by atoms with Crippen molar-refractivity contribution in [3.8, 4) is 22.3 Å². The molecule has 1 aliphatic rings. The van der Waals surface area contributed by atoms with E-state index in [0.717, 1.165) is 35.3 Å². The number of hydrogen-bond donors (Lipinski definition) is 1. The van der Waals surface area contributed by atoms with Crippen LogP contribution in [0.5, 0.6) is 0 Å². The van der Waals surface area contributed by atoms with Gasteiger partial charge in [-0.15, -0.1) is 0 Å². The van der Waals surface area contributed by atoms with Gasteiger partial charge in [-0.25, -0.2) is 4.98 Å². The lowest BCUT2D eigenvalue weighted by Gasteiger charge is -2.29. The van der Waals surface area contributed by atoms with Crippen LogP contribution in [0.3, 0.4) is 0 Å². The van der Waals surface area contributed by atoms with Gasteiger partial charge in [-0.3, -0.25) is 14.3 Å². The standard InChI is InChI=1S/C31H29ClN6O/c1-37-14-11-21(12-15-37)20-5-8-25(9-6-20)35-31-34-19-24-17-27(30(39)38(2)29(24)36-31)26-16-22(7-10-28(26)32)23-4-3-13-33-18-23/h3-10,13,16-19,21H,11-12,14-15H2,1-2H3,(H,34,35,36). The molecule has 4 heterocycles. The molecule has 0 spiro atoms. The molecule has 2 aromatic carbocycles. The van der Waals surface area contributed by atoms with Gasteiger partial charge in [0.15, 0.2) is 0 Å². The summed E-state index contributed by atoms with van der Waals surface area (Å²) in [5, 5.41) is 4.54. The first-order valence-electron chi connectivity index (χ1n) is 13.1. The van der Waals surface area contributed by atoms with Crippen molar-refractivity contribution < 1.29 is 0 Å². The van der Waals surface area contributed by atoms with E-state index < -0.39 is 0 Å². The summed E-state index contributed by atoms with van der Waals surface area (Å²) >= 11 is 6.57. The highest BCUT2D eigenvalue weighted by Gasteiger charge is 2.18. The predicted octanol–water partition coefficient (Wildman–Crippen LogP) is 6.26. The fraction of sp³-hybridized carbons (Fsp3) is 0.226. The van der Waals surface area contributed by atoms with Crippen LogP contribution in [0, 0.1) is 0 Å². The van der Waals surface area contributed by atoms with Gasteiger partial charge in [0.1, 0.15) is 5.65 Å². The molecule has 0 bridgehead atoms. The summed E-state index contributed by atoms with van der Waals surface area (Å²) in [4.78, 5) is 29.3. The Hall–Kier alpha value is -4.07. The first kappa shape index (κ1) is 25.2. The minimum atomic E-state index is -0.181. The minimum absolute atomic E-state index is 0.181. The second-order valence-electron chi connectivity index (χ2n) is 10.2. The van der Waals surface area contributed by atoms with E-state index in [0.29, 0.717) is 33.7 Å². The monoisotopic (exact) mass is 536 g/mol. The summed E-state index contributed by atoms with van der Waals surface area (Å²) in [6, 6.07) is 19.8. The molecule has 39 heavy (non-hydrogen) atoms. The maximum Gasteiger partial charge on any atom is 0.259 e. The second-order valence-corrected chi connectivity index (χ2v) is 10.6. The summed E-state index contributed by atoms with van der Waals surface area (Å²) in [5.41, 5.74) is 5.68. The van der Waals surface area contributed by atoms with Gasteiger partial charge in [-0.05, 0) is 86.4 Å². The van der Waals surface area contributed by atoms with Gasteiger partial charge >= 0.3 is 0 Å². The number of pyridine rings is 2. The van der Waals surface area contributed by atoms with Crippen LogP contribution < -0.4 is 10.9 Å². The van der Waals surface area contributed by atoms with Gasteiger partial charge < -0.3 is 10.2 Å². The van der Waals surface area contributed by atoms with Gasteiger partial charge in [0.05, 0.1) is 0 Å². The molecule has 0 saturated carbocycles. The lowest BCUT2D eigenvalue weighted by molar-refractivity contribution is 0.255. The Morgan fingerprint density at radius 1 is 0.923 bits per heavy atom. The number of fused-ring (bicyclic) bond motifs is 1. The van der Waals surface area contributed by atoms with Crippen molar-refractivity contribution in [2.45, 2.75) is 18.8 Å². The van der Waals surface area contributed by atoms with Crippen molar-refractivity contribution in [1.29, 1.82) is 0 Å². The molecular weight excluding hydrogens is 508 g/mol. The molecule has 0 unspecified atom stereocenters. The maximum atomic E-state index is 13.5. The molecule has 1 fully saturated rings. The second kappa shape index (κ2) is 10.6.